The molecule has 1 fully saturated rings. The summed E-state index contributed by atoms with van der Waals surface area (Å²) in [6.07, 6.45) is 3.68. The predicted molar refractivity (Wildman–Crippen MR) is 124 cm³/mol. The lowest BCUT2D eigenvalue weighted by molar-refractivity contribution is 0.0236. The van der Waals surface area contributed by atoms with E-state index in [0.29, 0.717) is 23.2 Å². The highest BCUT2D eigenvalue weighted by Gasteiger charge is 2.48. The molecule has 1 aliphatic rings. The molecule has 2 heterocycles. The van der Waals surface area contributed by atoms with Crippen LogP contribution < -0.4 is 5.32 Å². The molecule has 2 aromatic rings. The van der Waals surface area contributed by atoms with Crippen molar-refractivity contribution in [2.24, 2.45) is 11.3 Å². The van der Waals surface area contributed by atoms with Crippen LogP contribution in [0.25, 0.3) is 0 Å². The molecular weight excluding hydrogens is 390 g/mol. The van der Waals surface area contributed by atoms with Crippen LogP contribution in [0.1, 0.15) is 73.9 Å². The van der Waals surface area contributed by atoms with Gasteiger partial charge in [0.1, 0.15) is 0 Å². The summed E-state index contributed by atoms with van der Waals surface area (Å²) in [5.41, 5.74) is 4.14. The fourth-order valence-corrected chi connectivity index (χ4v) is 4.89. The lowest BCUT2D eigenvalue weighted by Gasteiger charge is -2.32. The van der Waals surface area contributed by atoms with E-state index in [1.165, 1.54) is 0 Å². The number of nitrogens with one attached hydrogen (secondary N) is 1. The molecule has 6 heteroatoms. The van der Waals surface area contributed by atoms with Gasteiger partial charge in [-0.1, -0.05) is 13.8 Å². The Hall–Kier alpha value is -2.18. The number of aryl methyl sites for hydroxylation is 1. The molecule has 0 radical (unpaired) electrons. The predicted octanol–water partition coefficient (Wildman–Crippen LogP) is 3.97. The van der Waals surface area contributed by atoms with Gasteiger partial charge < -0.3 is 20.1 Å². The van der Waals surface area contributed by atoms with Crippen molar-refractivity contribution in [3.8, 4) is 0 Å². The van der Waals surface area contributed by atoms with E-state index in [0.717, 1.165) is 16.9 Å². The Balaban J connectivity index is 2.02. The monoisotopic (exact) mass is 427 g/mol. The number of carbonyl (C=O) groups excluding carboxylic acids is 1. The van der Waals surface area contributed by atoms with E-state index in [1.54, 1.807) is 6.20 Å². The van der Waals surface area contributed by atoms with Crippen molar-refractivity contribution in [3.63, 3.8) is 0 Å². The zero-order valence-electron chi connectivity index (χ0n) is 20.1. The van der Waals surface area contributed by atoms with Crippen LogP contribution in [-0.2, 0) is 5.54 Å². The van der Waals surface area contributed by atoms with Crippen molar-refractivity contribution in [1.82, 2.24) is 9.55 Å². The molecule has 3 rings (SSSR count). The molecule has 1 aliphatic carbocycles. The van der Waals surface area contributed by atoms with Gasteiger partial charge in [-0.15, -0.1) is 0 Å². The van der Waals surface area contributed by atoms with Gasteiger partial charge in [0.25, 0.3) is 0 Å². The fraction of sp³-hybridized carbons (Fsp3) is 0.600. The smallest absolute Gasteiger partial charge is 0.198 e. The van der Waals surface area contributed by atoms with E-state index in [4.69, 9.17) is 0 Å². The summed E-state index contributed by atoms with van der Waals surface area (Å²) in [6, 6.07) is 1.76. The van der Waals surface area contributed by atoms with Gasteiger partial charge in [0.15, 0.2) is 5.78 Å². The molecule has 0 bridgehead atoms. The zero-order valence-corrected chi connectivity index (χ0v) is 20.1. The summed E-state index contributed by atoms with van der Waals surface area (Å²) in [4.78, 5) is 18.1. The second-order valence-corrected chi connectivity index (χ2v) is 10.6. The Morgan fingerprint density at radius 2 is 1.94 bits per heavy atom. The Morgan fingerprint density at radius 1 is 1.29 bits per heavy atom. The van der Waals surface area contributed by atoms with E-state index in [2.05, 4.69) is 35.6 Å². The van der Waals surface area contributed by atoms with Crippen molar-refractivity contribution >= 4 is 11.5 Å². The third kappa shape index (κ3) is 4.03. The second-order valence-electron chi connectivity index (χ2n) is 10.6. The highest BCUT2D eigenvalue weighted by atomic mass is 16.3. The molecule has 0 aliphatic heterocycles. The number of rotatable bonds is 5. The number of hydrogen-bond acceptors (Lipinski definition) is 5. The molecule has 0 spiro atoms. The van der Waals surface area contributed by atoms with Crippen LogP contribution in [-0.4, -0.2) is 44.3 Å². The molecule has 3 atom stereocenters. The van der Waals surface area contributed by atoms with Crippen LogP contribution in [0.4, 0.5) is 5.69 Å². The number of aliphatic hydroxyl groups excluding tert-OH is 2. The highest BCUT2D eigenvalue weighted by Crippen LogP contribution is 2.43. The number of aromatic nitrogens is 2. The van der Waals surface area contributed by atoms with Gasteiger partial charge >= 0.3 is 0 Å². The number of pyridine rings is 1. The quantitative estimate of drug-likeness (QED) is 0.629. The van der Waals surface area contributed by atoms with Gasteiger partial charge in [0.2, 0.25) is 0 Å². The second kappa shape index (κ2) is 8.06. The Kier molecular flexibility index (Phi) is 6.11. The maximum Gasteiger partial charge on any atom is 0.198 e. The Morgan fingerprint density at radius 3 is 2.45 bits per heavy atom. The highest BCUT2D eigenvalue weighted by molar-refractivity contribution is 6.14. The molecule has 2 unspecified atom stereocenters. The zero-order chi connectivity index (χ0) is 23.3. The number of ketones is 1. The summed E-state index contributed by atoms with van der Waals surface area (Å²) in [5.74, 6) is -0.230. The third-order valence-electron chi connectivity index (χ3n) is 7.11. The maximum atomic E-state index is 13.7. The first kappa shape index (κ1) is 23.5. The van der Waals surface area contributed by atoms with Gasteiger partial charge in [-0.3, -0.25) is 9.78 Å². The van der Waals surface area contributed by atoms with Crippen LogP contribution in [0.3, 0.4) is 0 Å². The molecule has 1 saturated carbocycles. The summed E-state index contributed by atoms with van der Waals surface area (Å²) < 4.78 is 2.15. The molecule has 0 aromatic carbocycles. The average molecular weight is 428 g/mol. The number of nitrogens with zero attached hydrogens (tertiary/aromatic N) is 2. The first-order chi connectivity index (χ1) is 14.3. The first-order valence-corrected chi connectivity index (χ1v) is 11.1. The summed E-state index contributed by atoms with van der Waals surface area (Å²) >= 11 is 0. The lowest BCUT2D eigenvalue weighted by Crippen LogP contribution is -2.39. The van der Waals surface area contributed by atoms with Crippen LogP contribution >= 0.6 is 0 Å². The van der Waals surface area contributed by atoms with Crippen molar-refractivity contribution in [2.75, 3.05) is 11.9 Å². The van der Waals surface area contributed by atoms with Crippen LogP contribution in [0.2, 0.25) is 0 Å². The van der Waals surface area contributed by atoms with Crippen molar-refractivity contribution < 1.29 is 15.0 Å². The normalized spacial score (nSPS) is 23.2. The van der Waals surface area contributed by atoms with Gasteiger partial charge in [0, 0.05) is 58.9 Å². The topological polar surface area (TPSA) is 87.4 Å². The molecule has 6 nitrogen and oxygen atoms in total. The summed E-state index contributed by atoms with van der Waals surface area (Å²) in [7, 11) is 0. The van der Waals surface area contributed by atoms with E-state index in [-0.39, 0.29) is 29.9 Å². The Labute approximate surface area is 185 Å². The minimum absolute atomic E-state index is 0.0493. The number of anilines is 1. The van der Waals surface area contributed by atoms with E-state index in [9.17, 15) is 15.0 Å². The number of carbonyl (C=O) groups is 1. The standard InChI is InChI=1S/C25H37N3O3/c1-14-16(3)28(24(4,5)6)12-18(14)22(30)21-15(2)26-10-9-19(21)27-20-11-17(13-29)23(31)25(20,7)8/h9-10,12,17,20,23,29,31H,11,13H2,1-8H3,(H,26,27)/t17?,20-,23?/m1/s1. The first-order valence-electron chi connectivity index (χ1n) is 11.1. The molecule has 31 heavy (non-hydrogen) atoms. The van der Waals surface area contributed by atoms with Gasteiger partial charge in [-0.25, -0.2) is 0 Å². The van der Waals surface area contributed by atoms with E-state index < -0.39 is 11.5 Å². The van der Waals surface area contributed by atoms with Gasteiger partial charge in [-0.2, -0.15) is 0 Å². The molecule has 170 valence electrons. The average Bonchev–Trinajstić information content (AvgIpc) is 3.09. The largest absolute Gasteiger partial charge is 0.396 e. The van der Waals surface area contributed by atoms with Gasteiger partial charge in [0.05, 0.1) is 17.4 Å². The van der Waals surface area contributed by atoms with Crippen LogP contribution in [0.15, 0.2) is 18.5 Å². The molecule has 0 saturated heterocycles. The summed E-state index contributed by atoms with van der Waals surface area (Å²) in [5, 5.41) is 23.8. The van der Waals surface area contributed by atoms with E-state index >= 15 is 0 Å². The number of hydrogen-bond donors (Lipinski definition) is 3. The lowest BCUT2D eigenvalue weighted by atomic mass is 9.84. The fourth-order valence-electron chi connectivity index (χ4n) is 4.89. The molecule has 3 N–H and O–H groups in total. The van der Waals surface area contributed by atoms with Gasteiger partial charge in [-0.05, 0) is 59.6 Å². The summed E-state index contributed by atoms with van der Waals surface area (Å²) in [6.45, 7) is 16.2. The van der Waals surface area contributed by atoms with Crippen molar-refractivity contribution in [3.05, 3.63) is 46.5 Å². The minimum atomic E-state index is -0.609. The third-order valence-corrected chi connectivity index (χ3v) is 7.11. The van der Waals surface area contributed by atoms with Crippen molar-refractivity contribution in [1.29, 1.82) is 0 Å². The van der Waals surface area contributed by atoms with Crippen LogP contribution in [0, 0.1) is 32.1 Å². The SMILES string of the molecule is Cc1nccc(N[C@@H]2CC(CO)C(O)C2(C)C)c1C(=O)c1cn(C(C)(C)C)c(C)c1C. The number of aliphatic hydroxyl groups is 2. The minimum Gasteiger partial charge on any atom is -0.396 e. The Bertz CT molecular complexity index is 985. The molecule has 0 amide bonds. The molecular formula is C25H37N3O3. The van der Waals surface area contributed by atoms with E-state index in [1.807, 2.05) is 46.9 Å². The van der Waals surface area contributed by atoms with Crippen LogP contribution in [0.5, 0.6) is 0 Å². The molecule has 2 aromatic heterocycles. The van der Waals surface area contributed by atoms with Crippen molar-refractivity contribution in [2.45, 2.75) is 79.5 Å². The maximum absolute atomic E-state index is 13.7.